The first kappa shape index (κ1) is 21.8. The maximum Gasteiger partial charge on any atom is 0.321 e. The molecule has 1 unspecified atom stereocenters. The van der Waals surface area contributed by atoms with Gasteiger partial charge in [0.1, 0.15) is 5.82 Å². The van der Waals surface area contributed by atoms with Crippen LogP contribution in [0.1, 0.15) is 18.4 Å². The lowest BCUT2D eigenvalue weighted by molar-refractivity contribution is 0.101. The van der Waals surface area contributed by atoms with Crippen molar-refractivity contribution < 1.29 is 9.18 Å². The number of anilines is 1. The molecule has 6 heteroatoms. The van der Waals surface area contributed by atoms with Crippen LogP contribution in [0.25, 0.3) is 0 Å². The Hall–Kier alpha value is -2.44. The largest absolute Gasteiger partial charge is 0.322 e. The van der Waals surface area contributed by atoms with E-state index in [1.807, 2.05) is 47.4 Å². The van der Waals surface area contributed by atoms with Gasteiger partial charge in [0.15, 0.2) is 0 Å². The van der Waals surface area contributed by atoms with E-state index in [9.17, 15) is 9.18 Å². The van der Waals surface area contributed by atoms with Gasteiger partial charge in [0, 0.05) is 51.5 Å². The number of nitrogens with one attached hydrogen (secondary N) is 1. The van der Waals surface area contributed by atoms with Gasteiger partial charge < -0.3 is 15.1 Å². The lowest BCUT2D eigenvalue weighted by Crippen LogP contribution is -2.52. The van der Waals surface area contributed by atoms with E-state index in [2.05, 4.69) is 15.1 Å². The van der Waals surface area contributed by atoms with Gasteiger partial charge in [-0.05, 0) is 61.6 Å². The normalized spacial score (nSPS) is 20.5. The molecule has 1 N–H and O–H groups in total. The molecule has 2 heterocycles. The van der Waals surface area contributed by atoms with Crippen molar-refractivity contribution in [3.8, 4) is 0 Å². The highest BCUT2D eigenvalue weighted by molar-refractivity contribution is 5.89. The SMILES string of the molecule is O=C(Nc1ccccc1)N1CCN(CC2CCCN(CCc3ccc(F)cc3)C2)CC1. The molecule has 2 fully saturated rings. The van der Waals surface area contributed by atoms with E-state index in [0.717, 1.165) is 64.5 Å². The number of likely N-dealkylation sites (tertiary alicyclic amines) is 1. The maximum absolute atomic E-state index is 13.1. The summed E-state index contributed by atoms with van der Waals surface area (Å²) in [5.74, 6) is 0.520. The van der Waals surface area contributed by atoms with E-state index in [1.165, 1.54) is 18.4 Å². The van der Waals surface area contributed by atoms with Crippen LogP contribution in [0.3, 0.4) is 0 Å². The Kier molecular flexibility index (Phi) is 7.54. The first-order chi connectivity index (χ1) is 15.2. The molecule has 0 radical (unpaired) electrons. The second-order valence-corrected chi connectivity index (χ2v) is 8.77. The molecule has 2 saturated heterocycles. The number of amides is 2. The van der Waals surface area contributed by atoms with Gasteiger partial charge in [0.2, 0.25) is 0 Å². The number of carbonyl (C=O) groups is 1. The van der Waals surface area contributed by atoms with Crippen LogP contribution in [0, 0.1) is 11.7 Å². The third-order valence-corrected chi connectivity index (χ3v) is 6.43. The zero-order valence-corrected chi connectivity index (χ0v) is 18.2. The Balaban J connectivity index is 1.17. The summed E-state index contributed by atoms with van der Waals surface area (Å²) >= 11 is 0. The van der Waals surface area contributed by atoms with Crippen molar-refractivity contribution in [1.82, 2.24) is 14.7 Å². The van der Waals surface area contributed by atoms with E-state index in [1.54, 1.807) is 12.1 Å². The summed E-state index contributed by atoms with van der Waals surface area (Å²) in [6, 6.07) is 16.5. The molecular formula is C25H33FN4O. The molecule has 0 aliphatic carbocycles. The minimum Gasteiger partial charge on any atom is -0.322 e. The van der Waals surface area contributed by atoms with Crippen LogP contribution in [0.2, 0.25) is 0 Å². The zero-order valence-electron chi connectivity index (χ0n) is 18.2. The van der Waals surface area contributed by atoms with Crippen LogP contribution in [0.15, 0.2) is 54.6 Å². The van der Waals surface area contributed by atoms with Crippen LogP contribution in [-0.4, -0.2) is 73.1 Å². The standard InChI is InChI=1S/C25H33FN4O/c26-23-10-8-21(9-11-23)12-14-28-13-4-5-22(19-28)20-29-15-17-30(18-16-29)25(31)27-24-6-2-1-3-7-24/h1-3,6-11,22H,4-5,12-20H2,(H,27,31). The number of rotatable bonds is 6. The molecule has 166 valence electrons. The van der Waals surface area contributed by atoms with Crippen LogP contribution >= 0.6 is 0 Å². The molecule has 0 spiro atoms. The second kappa shape index (κ2) is 10.7. The van der Waals surface area contributed by atoms with Crippen molar-refractivity contribution in [2.75, 3.05) is 57.7 Å². The fraction of sp³-hybridized carbons (Fsp3) is 0.480. The average molecular weight is 425 g/mol. The first-order valence-corrected chi connectivity index (χ1v) is 11.5. The van der Waals surface area contributed by atoms with E-state index in [4.69, 9.17) is 0 Å². The molecule has 5 nitrogen and oxygen atoms in total. The average Bonchev–Trinajstić information content (AvgIpc) is 2.80. The Morgan fingerprint density at radius 1 is 0.935 bits per heavy atom. The Morgan fingerprint density at radius 3 is 2.42 bits per heavy atom. The van der Waals surface area contributed by atoms with Gasteiger partial charge in [-0.1, -0.05) is 30.3 Å². The van der Waals surface area contributed by atoms with E-state index < -0.39 is 0 Å². The van der Waals surface area contributed by atoms with Crippen LogP contribution < -0.4 is 5.32 Å². The summed E-state index contributed by atoms with van der Waals surface area (Å²) in [5.41, 5.74) is 2.05. The summed E-state index contributed by atoms with van der Waals surface area (Å²) < 4.78 is 13.1. The van der Waals surface area contributed by atoms with Crippen LogP contribution in [-0.2, 0) is 6.42 Å². The zero-order chi connectivity index (χ0) is 21.5. The summed E-state index contributed by atoms with van der Waals surface area (Å²) in [7, 11) is 0. The molecule has 2 aromatic carbocycles. The summed E-state index contributed by atoms with van der Waals surface area (Å²) in [6.07, 6.45) is 3.50. The van der Waals surface area contributed by atoms with Gasteiger partial charge in [-0.25, -0.2) is 9.18 Å². The smallest absolute Gasteiger partial charge is 0.321 e. The number of nitrogens with zero attached hydrogens (tertiary/aromatic N) is 3. The third kappa shape index (κ3) is 6.52. The van der Waals surface area contributed by atoms with Crippen molar-refractivity contribution in [1.29, 1.82) is 0 Å². The molecule has 2 aliphatic heterocycles. The number of benzene rings is 2. The minimum absolute atomic E-state index is 0.00418. The highest BCUT2D eigenvalue weighted by Crippen LogP contribution is 2.19. The highest BCUT2D eigenvalue weighted by Gasteiger charge is 2.26. The van der Waals surface area contributed by atoms with Crippen molar-refractivity contribution in [2.24, 2.45) is 5.92 Å². The lowest BCUT2D eigenvalue weighted by Gasteiger charge is -2.39. The summed E-state index contributed by atoms with van der Waals surface area (Å²) in [4.78, 5) is 19.5. The van der Waals surface area contributed by atoms with E-state index in [-0.39, 0.29) is 11.8 Å². The molecule has 2 amide bonds. The molecule has 2 aliphatic rings. The molecule has 2 aromatic rings. The second-order valence-electron chi connectivity index (χ2n) is 8.77. The van der Waals surface area contributed by atoms with Gasteiger partial charge in [-0.3, -0.25) is 4.90 Å². The maximum atomic E-state index is 13.1. The van der Waals surface area contributed by atoms with Crippen molar-refractivity contribution >= 4 is 11.7 Å². The number of piperidine rings is 1. The molecule has 4 rings (SSSR count). The summed E-state index contributed by atoms with van der Waals surface area (Å²) in [5, 5.41) is 2.99. The van der Waals surface area contributed by atoms with E-state index >= 15 is 0 Å². The lowest BCUT2D eigenvalue weighted by atomic mass is 9.96. The summed E-state index contributed by atoms with van der Waals surface area (Å²) in [6.45, 7) is 7.87. The number of hydrogen-bond donors (Lipinski definition) is 1. The minimum atomic E-state index is -0.167. The van der Waals surface area contributed by atoms with Crippen molar-refractivity contribution in [3.05, 3.63) is 66.0 Å². The topological polar surface area (TPSA) is 38.8 Å². The van der Waals surface area contributed by atoms with Crippen molar-refractivity contribution in [2.45, 2.75) is 19.3 Å². The van der Waals surface area contributed by atoms with E-state index in [0.29, 0.717) is 5.92 Å². The fourth-order valence-corrected chi connectivity index (χ4v) is 4.66. The van der Waals surface area contributed by atoms with Gasteiger partial charge in [0.05, 0.1) is 0 Å². The fourth-order valence-electron chi connectivity index (χ4n) is 4.66. The molecule has 0 bridgehead atoms. The first-order valence-electron chi connectivity index (χ1n) is 11.5. The van der Waals surface area contributed by atoms with Crippen LogP contribution in [0.4, 0.5) is 14.9 Å². The molecule has 1 atom stereocenters. The quantitative estimate of drug-likeness (QED) is 0.764. The van der Waals surface area contributed by atoms with Crippen molar-refractivity contribution in [3.63, 3.8) is 0 Å². The Labute approximate surface area is 184 Å². The number of urea groups is 1. The molecular weight excluding hydrogens is 391 g/mol. The number of hydrogen-bond acceptors (Lipinski definition) is 3. The number of halogens is 1. The number of carbonyl (C=O) groups excluding carboxylic acids is 1. The van der Waals surface area contributed by atoms with Gasteiger partial charge in [-0.15, -0.1) is 0 Å². The monoisotopic (exact) mass is 424 g/mol. The number of piperazine rings is 1. The molecule has 0 aromatic heterocycles. The highest BCUT2D eigenvalue weighted by atomic mass is 19.1. The van der Waals surface area contributed by atoms with Gasteiger partial charge in [-0.2, -0.15) is 0 Å². The predicted octanol–water partition coefficient (Wildman–Crippen LogP) is 3.93. The number of para-hydroxylation sites is 1. The Bertz CT molecular complexity index is 821. The molecule has 31 heavy (non-hydrogen) atoms. The van der Waals surface area contributed by atoms with Crippen LogP contribution in [0.5, 0.6) is 0 Å². The molecule has 0 saturated carbocycles. The third-order valence-electron chi connectivity index (χ3n) is 6.43. The van der Waals surface area contributed by atoms with Gasteiger partial charge >= 0.3 is 6.03 Å². The predicted molar refractivity (Wildman–Crippen MR) is 123 cm³/mol. The van der Waals surface area contributed by atoms with Gasteiger partial charge in [0.25, 0.3) is 0 Å². The Morgan fingerprint density at radius 2 is 1.68 bits per heavy atom.